The first-order chi connectivity index (χ1) is 27.4. The molecule has 57 heavy (non-hydrogen) atoms. The maximum atomic E-state index is 6.18. The molecule has 0 bridgehead atoms. The number of imidazole rings is 1. The maximum absolute atomic E-state index is 6.18. The lowest BCUT2D eigenvalue weighted by Gasteiger charge is -2.23. The van der Waals surface area contributed by atoms with Gasteiger partial charge in [0.15, 0.2) is 0 Å². The zero-order valence-electron chi connectivity index (χ0n) is 33.8. The molecule has 0 unspecified atom stereocenters. The third-order valence-corrected chi connectivity index (χ3v) is 11.1. The molecule has 9 aromatic rings. The molecule has 0 amide bonds. The average Bonchev–Trinajstić information content (AvgIpc) is 3.80. The molecule has 0 N–H and O–H groups in total. The number of pyridine rings is 1. The van der Waals surface area contributed by atoms with Gasteiger partial charge in [-0.2, -0.15) is 0 Å². The molecular weight excluding hydrogens is 695 g/mol. The van der Waals surface area contributed by atoms with E-state index in [0.717, 1.165) is 83.9 Å². The number of benzene rings is 6. The van der Waals surface area contributed by atoms with Crippen LogP contribution in [0.1, 0.15) is 58.4 Å². The first-order valence-corrected chi connectivity index (χ1v) is 19.8. The maximum Gasteiger partial charge on any atom is 0.146 e. The fourth-order valence-electron chi connectivity index (χ4n) is 7.95. The van der Waals surface area contributed by atoms with Crippen LogP contribution in [0.2, 0.25) is 0 Å². The minimum Gasteiger partial charge on any atom is -0.461 e. The summed E-state index contributed by atoms with van der Waals surface area (Å²) in [6.45, 7) is 15.7. The van der Waals surface area contributed by atoms with Crippen molar-refractivity contribution >= 4 is 22.0 Å². The number of aryl methyl sites for hydroxylation is 1. The summed E-state index contributed by atoms with van der Waals surface area (Å²) in [6, 6.07) is 54.4. The molecule has 0 saturated heterocycles. The molecule has 4 nitrogen and oxygen atoms in total. The number of aromatic nitrogens is 3. The summed E-state index contributed by atoms with van der Waals surface area (Å²) in [5.41, 5.74) is 16.1. The topological polar surface area (TPSA) is 43.9 Å². The van der Waals surface area contributed by atoms with E-state index < -0.39 is 0 Å². The first-order valence-electron chi connectivity index (χ1n) is 19.8. The van der Waals surface area contributed by atoms with E-state index in [4.69, 9.17) is 14.4 Å². The van der Waals surface area contributed by atoms with E-state index in [9.17, 15) is 0 Å². The molecule has 3 heterocycles. The Labute approximate surface area is 335 Å². The van der Waals surface area contributed by atoms with Gasteiger partial charge in [0.1, 0.15) is 17.2 Å². The molecule has 0 aliphatic heterocycles. The summed E-state index contributed by atoms with van der Waals surface area (Å²) in [6.07, 6.45) is 1.92. The third kappa shape index (κ3) is 6.76. The number of hydrogen-bond donors (Lipinski definition) is 0. The Balaban J connectivity index is 1.33. The Morgan fingerprint density at radius 2 is 1.19 bits per heavy atom. The predicted octanol–water partition coefficient (Wildman–Crippen LogP) is 14.4. The van der Waals surface area contributed by atoms with Crippen LogP contribution in [0.15, 0.2) is 162 Å². The van der Waals surface area contributed by atoms with E-state index in [1.54, 1.807) is 0 Å². The molecule has 0 atom stereocenters. The van der Waals surface area contributed by atoms with Crippen molar-refractivity contribution in [1.82, 2.24) is 14.5 Å². The van der Waals surface area contributed by atoms with Crippen LogP contribution in [0.4, 0.5) is 0 Å². The molecule has 0 aliphatic carbocycles. The molecule has 3 aromatic heterocycles. The smallest absolute Gasteiger partial charge is 0.146 e. The molecule has 4 heteroatoms. The highest BCUT2D eigenvalue weighted by atomic mass is 16.3. The van der Waals surface area contributed by atoms with Gasteiger partial charge in [-0.1, -0.05) is 139 Å². The number of furan rings is 1. The second kappa shape index (κ2) is 13.9. The van der Waals surface area contributed by atoms with Crippen molar-refractivity contribution in [3.05, 3.63) is 175 Å². The van der Waals surface area contributed by atoms with E-state index in [0.29, 0.717) is 0 Å². The van der Waals surface area contributed by atoms with E-state index in [1.807, 2.05) is 19.2 Å². The summed E-state index contributed by atoms with van der Waals surface area (Å²) >= 11 is 0. The van der Waals surface area contributed by atoms with Crippen molar-refractivity contribution in [1.29, 1.82) is 0 Å². The molecular formula is C53H47N3O. The van der Waals surface area contributed by atoms with Gasteiger partial charge in [-0.25, -0.2) is 4.98 Å². The summed E-state index contributed by atoms with van der Waals surface area (Å²) in [5.74, 6) is 1.74. The van der Waals surface area contributed by atoms with Gasteiger partial charge in [0.05, 0.1) is 22.4 Å². The van der Waals surface area contributed by atoms with Gasteiger partial charge in [-0.3, -0.25) is 9.55 Å². The van der Waals surface area contributed by atoms with Crippen LogP contribution in [0.3, 0.4) is 0 Å². The second-order valence-corrected chi connectivity index (χ2v) is 17.2. The minimum absolute atomic E-state index is 0.0276. The van der Waals surface area contributed by atoms with Crippen LogP contribution in [-0.4, -0.2) is 14.5 Å². The van der Waals surface area contributed by atoms with Gasteiger partial charge in [-0.15, -0.1) is 0 Å². The van der Waals surface area contributed by atoms with Crippen LogP contribution in [-0.2, 0) is 10.8 Å². The van der Waals surface area contributed by atoms with Crippen LogP contribution in [0.5, 0.6) is 0 Å². The molecule has 280 valence electrons. The molecule has 0 radical (unpaired) electrons. The van der Waals surface area contributed by atoms with E-state index in [2.05, 4.69) is 192 Å². The average molecular weight is 742 g/mol. The van der Waals surface area contributed by atoms with Gasteiger partial charge in [0, 0.05) is 33.8 Å². The molecule has 0 aliphatic rings. The van der Waals surface area contributed by atoms with Crippen LogP contribution >= 0.6 is 0 Å². The number of nitrogens with zero attached hydrogens (tertiary/aromatic N) is 3. The number of hydrogen-bond acceptors (Lipinski definition) is 3. The number of fused-ring (bicyclic) bond motifs is 2. The van der Waals surface area contributed by atoms with Crippen molar-refractivity contribution in [2.75, 3.05) is 0 Å². The Bertz CT molecular complexity index is 2920. The van der Waals surface area contributed by atoms with Crippen molar-refractivity contribution in [3.63, 3.8) is 0 Å². The lowest BCUT2D eigenvalue weighted by Crippen LogP contribution is -2.12. The van der Waals surface area contributed by atoms with Gasteiger partial charge in [0.25, 0.3) is 0 Å². The molecule has 6 aromatic carbocycles. The fourth-order valence-corrected chi connectivity index (χ4v) is 7.95. The van der Waals surface area contributed by atoms with E-state index >= 15 is 0 Å². The summed E-state index contributed by atoms with van der Waals surface area (Å²) in [7, 11) is 0. The Hall–Kier alpha value is -6.52. The summed E-state index contributed by atoms with van der Waals surface area (Å²) in [5, 5.41) is 1.04. The Morgan fingerprint density at radius 1 is 0.509 bits per heavy atom. The molecule has 0 fully saturated rings. The quantitative estimate of drug-likeness (QED) is 0.170. The van der Waals surface area contributed by atoms with Crippen molar-refractivity contribution in [2.24, 2.45) is 0 Å². The Morgan fingerprint density at radius 3 is 1.93 bits per heavy atom. The van der Waals surface area contributed by atoms with Gasteiger partial charge in [-0.05, 0) is 106 Å². The Kier molecular flexibility index (Phi) is 8.81. The molecule has 0 spiro atoms. The van der Waals surface area contributed by atoms with Crippen LogP contribution < -0.4 is 0 Å². The lowest BCUT2D eigenvalue weighted by molar-refractivity contribution is 0.578. The highest BCUT2D eigenvalue weighted by Crippen LogP contribution is 2.42. The second-order valence-electron chi connectivity index (χ2n) is 17.2. The normalized spacial score (nSPS) is 12.1. The molecule has 9 rings (SSSR count). The standard InChI is InChI=1S/C53H47N3O/c1-34-28-45-43(21-15-23-49(45)57-34)51-55-50-42(20-14-22-48(50)56(51)47-25-24-40(52(2,3)4)33-44(47)36-18-12-9-13-19-36)38-29-39(31-41(30-38)53(5,6)7)46-32-37(26-27-54-46)35-16-10-8-11-17-35/h8-33H,1-7H3. The van der Waals surface area contributed by atoms with Crippen LogP contribution in [0, 0.1) is 6.92 Å². The predicted molar refractivity (Wildman–Crippen MR) is 238 cm³/mol. The SMILES string of the molecule is Cc1cc2c(-c3nc4c(-c5cc(-c6cc(-c7ccccc7)ccn6)cc(C(C)(C)C)c5)cccc4n3-c3ccc(C(C)(C)C)cc3-c3ccccc3)cccc2o1. The lowest BCUT2D eigenvalue weighted by atomic mass is 9.83. The summed E-state index contributed by atoms with van der Waals surface area (Å²) < 4.78 is 8.55. The summed E-state index contributed by atoms with van der Waals surface area (Å²) in [4.78, 5) is 10.6. The zero-order chi connectivity index (χ0) is 39.5. The fraction of sp³-hybridized carbons (Fsp3) is 0.170. The van der Waals surface area contributed by atoms with Gasteiger partial charge in [0.2, 0.25) is 0 Å². The van der Waals surface area contributed by atoms with E-state index in [-0.39, 0.29) is 10.8 Å². The van der Waals surface area contributed by atoms with Crippen molar-refractivity contribution in [2.45, 2.75) is 59.3 Å². The number of rotatable bonds is 6. The highest BCUT2D eigenvalue weighted by Gasteiger charge is 2.25. The minimum atomic E-state index is -0.103. The monoisotopic (exact) mass is 741 g/mol. The van der Waals surface area contributed by atoms with Crippen molar-refractivity contribution < 1.29 is 4.42 Å². The largest absolute Gasteiger partial charge is 0.461 e. The van der Waals surface area contributed by atoms with Gasteiger partial charge < -0.3 is 4.42 Å². The van der Waals surface area contributed by atoms with E-state index in [1.165, 1.54) is 16.7 Å². The molecule has 0 saturated carbocycles. The third-order valence-electron chi connectivity index (χ3n) is 11.1. The number of para-hydroxylation sites is 1. The first kappa shape index (κ1) is 36.1. The zero-order valence-corrected chi connectivity index (χ0v) is 33.8. The van der Waals surface area contributed by atoms with Crippen LogP contribution in [0.25, 0.3) is 83.7 Å². The van der Waals surface area contributed by atoms with Gasteiger partial charge >= 0.3 is 0 Å². The van der Waals surface area contributed by atoms with Crippen molar-refractivity contribution in [3.8, 4) is 61.7 Å². The highest BCUT2D eigenvalue weighted by molar-refractivity contribution is 6.01.